The van der Waals surface area contributed by atoms with Crippen molar-refractivity contribution in [2.24, 2.45) is 0 Å². The number of nitrogens with zero attached hydrogens (tertiary/aromatic N) is 1. The molecule has 0 amide bonds. The minimum Gasteiger partial charge on any atom is -0.396 e. The third kappa shape index (κ3) is 1.94. The predicted octanol–water partition coefficient (Wildman–Crippen LogP) is -0.728. The van der Waals surface area contributed by atoms with Crippen LogP contribution < -0.4 is 5.32 Å². The Hall–Kier alpha value is -0.120. The van der Waals surface area contributed by atoms with E-state index in [0.29, 0.717) is 12.6 Å². The average Bonchev–Trinajstić information content (AvgIpc) is 1.79. The Bertz CT molecular complexity index is 93.6. The van der Waals surface area contributed by atoms with Gasteiger partial charge in [-0.3, -0.25) is 0 Å². The van der Waals surface area contributed by atoms with E-state index in [1.807, 2.05) is 0 Å². The summed E-state index contributed by atoms with van der Waals surface area (Å²) in [5.74, 6) is 0. The third-order valence-electron chi connectivity index (χ3n) is 2.05. The van der Waals surface area contributed by atoms with E-state index in [4.69, 9.17) is 5.11 Å². The van der Waals surface area contributed by atoms with Crippen molar-refractivity contribution in [3.05, 3.63) is 0 Å². The summed E-state index contributed by atoms with van der Waals surface area (Å²) in [5.41, 5.74) is 0. The van der Waals surface area contributed by atoms with Crippen molar-refractivity contribution in [1.82, 2.24) is 10.2 Å². The summed E-state index contributed by atoms with van der Waals surface area (Å²) in [7, 11) is 2.11. The summed E-state index contributed by atoms with van der Waals surface area (Å²) in [6.45, 7) is 3.55. The fourth-order valence-electron chi connectivity index (χ4n) is 1.09. The number of likely N-dealkylation sites (N-methyl/N-ethyl adjacent to an activating group) is 1. The molecule has 60 valence electrons. The molecule has 0 aromatic carbocycles. The van der Waals surface area contributed by atoms with Crippen LogP contribution in [0.2, 0.25) is 0 Å². The lowest BCUT2D eigenvalue weighted by atomic mass is 10.1. The normalized spacial score (nSPS) is 19.5. The number of aliphatic hydroxyl groups is 1. The molecule has 1 saturated heterocycles. The molecule has 1 aliphatic heterocycles. The minimum atomic E-state index is 0.310. The Morgan fingerprint density at radius 3 is 2.70 bits per heavy atom. The van der Waals surface area contributed by atoms with E-state index < -0.39 is 0 Å². The molecule has 0 saturated carbocycles. The van der Waals surface area contributed by atoms with Gasteiger partial charge in [0.2, 0.25) is 0 Å². The van der Waals surface area contributed by atoms with Crippen molar-refractivity contribution in [3.63, 3.8) is 0 Å². The Morgan fingerprint density at radius 1 is 1.60 bits per heavy atom. The zero-order valence-corrected chi connectivity index (χ0v) is 6.51. The molecule has 1 heterocycles. The van der Waals surface area contributed by atoms with Crippen LogP contribution >= 0.6 is 0 Å². The number of nitrogens with one attached hydrogen (secondary N) is 1. The van der Waals surface area contributed by atoms with Crippen molar-refractivity contribution in [2.45, 2.75) is 12.5 Å². The van der Waals surface area contributed by atoms with Gasteiger partial charge in [0.15, 0.2) is 0 Å². The van der Waals surface area contributed by atoms with Gasteiger partial charge in [0.05, 0.1) is 0 Å². The molecule has 10 heavy (non-hydrogen) atoms. The van der Waals surface area contributed by atoms with E-state index in [2.05, 4.69) is 17.3 Å². The quantitative estimate of drug-likeness (QED) is 0.546. The van der Waals surface area contributed by atoms with Crippen LogP contribution in [0.25, 0.3) is 0 Å². The molecule has 2 N–H and O–H groups in total. The zero-order chi connectivity index (χ0) is 7.40. The number of hydrogen-bond donors (Lipinski definition) is 2. The van der Waals surface area contributed by atoms with Crippen LogP contribution in [-0.4, -0.2) is 49.3 Å². The fourth-order valence-corrected chi connectivity index (χ4v) is 1.09. The molecule has 0 radical (unpaired) electrons. The van der Waals surface area contributed by atoms with Crippen LogP contribution in [0.15, 0.2) is 0 Å². The zero-order valence-electron chi connectivity index (χ0n) is 6.51. The first kappa shape index (κ1) is 7.98. The topological polar surface area (TPSA) is 35.5 Å². The molecule has 0 unspecified atom stereocenters. The monoisotopic (exact) mass is 144 g/mol. The van der Waals surface area contributed by atoms with Crippen LogP contribution in [0, 0.1) is 0 Å². The summed E-state index contributed by atoms with van der Waals surface area (Å²) in [5, 5.41) is 11.8. The molecule has 0 aromatic heterocycles. The maximum Gasteiger partial charge on any atom is 0.0443 e. The molecule has 1 aliphatic rings. The van der Waals surface area contributed by atoms with Crippen LogP contribution in [0.1, 0.15) is 6.42 Å². The Kier molecular flexibility index (Phi) is 3.12. The molecule has 0 spiro atoms. The first-order valence-corrected chi connectivity index (χ1v) is 3.86. The van der Waals surface area contributed by atoms with E-state index in [-0.39, 0.29) is 0 Å². The summed E-state index contributed by atoms with van der Waals surface area (Å²) >= 11 is 0. The maximum absolute atomic E-state index is 8.55. The van der Waals surface area contributed by atoms with E-state index >= 15 is 0 Å². The van der Waals surface area contributed by atoms with Gasteiger partial charge in [-0.05, 0) is 13.5 Å². The summed E-state index contributed by atoms with van der Waals surface area (Å²) in [6, 6.07) is 0.714. The van der Waals surface area contributed by atoms with Crippen molar-refractivity contribution in [1.29, 1.82) is 0 Å². The van der Waals surface area contributed by atoms with Gasteiger partial charge in [-0.15, -0.1) is 0 Å². The number of rotatable bonds is 4. The van der Waals surface area contributed by atoms with Crippen molar-refractivity contribution in [2.75, 3.05) is 33.3 Å². The van der Waals surface area contributed by atoms with Gasteiger partial charge < -0.3 is 15.3 Å². The maximum atomic E-state index is 8.55. The highest BCUT2D eigenvalue weighted by atomic mass is 16.3. The predicted molar refractivity (Wildman–Crippen MR) is 41.0 cm³/mol. The van der Waals surface area contributed by atoms with Crippen LogP contribution in [0.5, 0.6) is 0 Å². The van der Waals surface area contributed by atoms with Gasteiger partial charge in [0.25, 0.3) is 0 Å². The smallest absolute Gasteiger partial charge is 0.0443 e. The van der Waals surface area contributed by atoms with Gasteiger partial charge in [0.1, 0.15) is 0 Å². The van der Waals surface area contributed by atoms with Gasteiger partial charge in [-0.2, -0.15) is 0 Å². The molecule has 3 nitrogen and oxygen atoms in total. The highest BCUT2D eigenvalue weighted by Gasteiger charge is 2.20. The van der Waals surface area contributed by atoms with Gasteiger partial charge >= 0.3 is 0 Å². The Labute approximate surface area is 62.0 Å². The summed E-state index contributed by atoms with van der Waals surface area (Å²) in [6.07, 6.45) is 0.896. The number of hydrogen-bond acceptors (Lipinski definition) is 3. The summed E-state index contributed by atoms with van der Waals surface area (Å²) in [4.78, 5) is 2.30. The largest absolute Gasteiger partial charge is 0.396 e. The lowest BCUT2D eigenvalue weighted by Crippen LogP contribution is -2.56. The second-order valence-corrected chi connectivity index (χ2v) is 2.87. The van der Waals surface area contributed by atoms with E-state index in [0.717, 1.165) is 26.1 Å². The van der Waals surface area contributed by atoms with E-state index in [1.54, 1.807) is 0 Å². The lowest BCUT2D eigenvalue weighted by Gasteiger charge is -2.35. The third-order valence-corrected chi connectivity index (χ3v) is 2.05. The SMILES string of the molecule is CN(CCCO)C1CNC1. The first-order chi connectivity index (χ1) is 4.84. The van der Waals surface area contributed by atoms with Crippen molar-refractivity contribution < 1.29 is 5.11 Å². The van der Waals surface area contributed by atoms with Gasteiger partial charge in [-0.25, -0.2) is 0 Å². The molecule has 1 rings (SSSR count). The van der Waals surface area contributed by atoms with Crippen molar-refractivity contribution in [3.8, 4) is 0 Å². The van der Waals surface area contributed by atoms with Gasteiger partial charge in [-0.1, -0.05) is 0 Å². The first-order valence-electron chi connectivity index (χ1n) is 3.86. The number of aliphatic hydroxyl groups excluding tert-OH is 1. The van der Waals surface area contributed by atoms with Crippen molar-refractivity contribution >= 4 is 0 Å². The molecule has 0 aromatic rings. The average molecular weight is 144 g/mol. The minimum absolute atomic E-state index is 0.310. The Balaban J connectivity index is 2.02. The highest BCUT2D eigenvalue weighted by molar-refractivity contribution is 4.82. The molecule has 0 bridgehead atoms. The van der Waals surface area contributed by atoms with Crippen LogP contribution in [0.4, 0.5) is 0 Å². The molecular formula is C7H16N2O. The second kappa shape index (κ2) is 3.91. The highest BCUT2D eigenvalue weighted by Crippen LogP contribution is 2.01. The lowest BCUT2D eigenvalue weighted by molar-refractivity contribution is 0.163. The molecule has 0 aliphatic carbocycles. The standard InChI is InChI=1S/C7H16N2O/c1-9(3-2-4-10)7-5-8-6-7/h7-8,10H,2-6H2,1H3. The van der Waals surface area contributed by atoms with Crippen LogP contribution in [-0.2, 0) is 0 Å². The Morgan fingerprint density at radius 2 is 2.30 bits per heavy atom. The summed E-state index contributed by atoms with van der Waals surface area (Å²) < 4.78 is 0. The molecule has 3 heteroatoms. The molecular weight excluding hydrogens is 128 g/mol. The van der Waals surface area contributed by atoms with E-state index in [9.17, 15) is 0 Å². The molecule has 0 atom stereocenters. The second-order valence-electron chi connectivity index (χ2n) is 2.87. The fraction of sp³-hybridized carbons (Fsp3) is 1.00. The van der Waals surface area contributed by atoms with Crippen LogP contribution in [0.3, 0.4) is 0 Å². The van der Waals surface area contributed by atoms with Gasteiger partial charge in [0, 0.05) is 32.3 Å². The van der Waals surface area contributed by atoms with E-state index in [1.165, 1.54) is 0 Å². The molecule has 1 fully saturated rings.